The molecule has 1 aromatic carbocycles. The number of fused-ring (bicyclic) bond motifs is 3. The molecule has 2 heterocycles. The van der Waals surface area contributed by atoms with E-state index in [1.807, 2.05) is 18.4 Å². The average molecular weight is 386 g/mol. The van der Waals surface area contributed by atoms with Gasteiger partial charge in [0.15, 0.2) is 11.2 Å². The summed E-state index contributed by atoms with van der Waals surface area (Å²) >= 11 is 0. The fourth-order valence-corrected chi connectivity index (χ4v) is 3.61. The number of hydrogen-bond donors (Lipinski definition) is 0. The van der Waals surface area contributed by atoms with Crippen LogP contribution >= 0.6 is 0 Å². The Bertz CT molecular complexity index is 1010. The number of methoxy groups -OCH3 is 1. The maximum atomic E-state index is 12.6. The molecular weight excluding hydrogens is 364 g/mol. The van der Waals surface area contributed by atoms with Crippen LogP contribution in [0.5, 0.6) is 5.75 Å². The lowest BCUT2D eigenvalue weighted by atomic mass is 9.87. The fraction of sp³-hybridized carbons (Fsp3) is 0.400. The van der Waals surface area contributed by atoms with Gasteiger partial charge in [-0.1, -0.05) is 13.8 Å². The summed E-state index contributed by atoms with van der Waals surface area (Å²) in [5.74, 6) is -0.358. The molecule has 8 nitrogen and oxygen atoms in total. The number of nitrogens with zero attached hydrogens (tertiary/aromatic N) is 2. The topological polar surface area (TPSA) is 101 Å². The van der Waals surface area contributed by atoms with Crippen molar-refractivity contribution in [2.75, 3.05) is 13.7 Å². The summed E-state index contributed by atoms with van der Waals surface area (Å²) in [4.78, 5) is 35.6. The van der Waals surface area contributed by atoms with Gasteiger partial charge in [0.25, 0.3) is 0 Å². The largest absolute Gasteiger partial charge is 0.490 e. The molecule has 0 bridgehead atoms. The summed E-state index contributed by atoms with van der Waals surface area (Å²) in [6.45, 7) is 5.91. The second-order valence-corrected chi connectivity index (χ2v) is 7.02. The zero-order valence-corrected chi connectivity index (χ0v) is 16.2. The highest BCUT2D eigenvalue weighted by atomic mass is 16.6. The Balaban J connectivity index is 2.27. The van der Waals surface area contributed by atoms with Crippen LogP contribution in [0.3, 0.4) is 0 Å². The van der Waals surface area contributed by atoms with Gasteiger partial charge < -0.3 is 14.0 Å². The molecular formula is C20H22N2O6. The quantitative estimate of drug-likeness (QED) is 0.444. The number of ether oxygens (including phenoxy) is 2. The first-order valence-corrected chi connectivity index (χ1v) is 9.07. The zero-order chi connectivity index (χ0) is 20.6. The third-order valence-electron chi connectivity index (χ3n) is 5.01. The number of carbonyl (C=O) groups excluding carboxylic acids is 1. The van der Waals surface area contributed by atoms with Gasteiger partial charge in [-0.3, -0.25) is 14.9 Å². The van der Waals surface area contributed by atoms with E-state index in [4.69, 9.17) is 9.47 Å². The van der Waals surface area contributed by atoms with Crippen LogP contribution in [0.1, 0.15) is 42.7 Å². The highest BCUT2D eigenvalue weighted by Crippen LogP contribution is 2.42. The van der Waals surface area contributed by atoms with Gasteiger partial charge in [-0.05, 0) is 30.9 Å². The summed E-state index contributed by atoms with van der Waals surface area (Å²) in [6, 6.07) is 4.42. The minimum atomic E-state index is -0.655. The van der Waals surface area contributed by atoms with Gasteiger partial charge in [0.1, 0.15) is 5.56 Å². The normalized spacial score (nSPS) is 15.0. The fourth-order valence-electron chi connectivity index (χ4n) is 3.61. The molecule has 8 heteroatoms. The number of nitro benzene ring substituents is 1. The molecule has 1 unspecified atom stereocenters. The number of nitro groups is 1. The molecule has 0 radical (unpaired) electrons. The van der Waals surface area contributed by atoms with Crippen molar-refractivity contribution in [2.24, 2.45) is 5.92 Å². The lowest BCUT2D eigenvalue weighted by molar-refractivity contribution is -0.385. The molecule has 0 saturated heterocycles. The van der Waals surface area contributed by atoms with E-state index in [0.717, 1.165) is 5.56 Å². The average Bonchev–Trinajstić information content (AvgIpc) is 2.65. The summed E-state index contributed by atoms with van der Waals surface area (Å²) < 4.78 is 12.1. The van der Waals surface area contributed by atoms with E-state index in [-0.39, 0.29) is 35.6 Å². The number of pyridine rings is 1. The third kappa shape index (κ3) is 3.26. The van der Waals surface area contributed by atoms with Crippen LogP contribution in [0.25, 0.3) is 11.3 Å². The number of carbonyl (C=O) groups is 1. The number of benzene rings is 1. The van der Waals surface area contributed by atoms with Crippen LogP contribution in [-0.4, -0.2) is 29.2 Å². The number of esters is 1. The Morgan fingerprint density at radius 2 is 2.07 bits per heavy atom. The van der Waals surface area contributed by atoms with Gasteiger partial charge in [-0.15, -0.1) is 0 Å². The highest BCUT2D eigenvalue weighted by molar-refractivity contribution is 5.89. The Morgan fingerprint density at radius 3 is 2.64 bits per heavy atom. The van der Waals surface area contributed by atoms with Gasteiger partial charge >= 0.3 is 11.7 Å². The molecule has 0 saturated carbocycles. The van der Waals surface area contributed by atoms with E-state index in [2.05, 4.69) is 0 Å². The van der Waals surface area contributed by atoms with Crippen molar-refractivity contribution in [3.63, 3.8) is 0 Å². The Hall–Kier alpha value is -3.16. The molecule has 0 aliphatic carbocycles. The molecule has 148 valence electrons. The molecule has 1 aromatic heterocycles. The second-order valence-electron chi connectivity index (χ2n) is 7.02. The van der Waals surface area contributed by atoms with Crippen molar-refractivity contribution in [1.82, 2.24) is 4.57 Å². The van der Waals surface area contributed by atoms with E-state index in [0.29, 0.717) is 17.7 Å². The lowest BCUT2D eigenvalue weighted by Crippen LogP contribution is -2.28. The molecule has 1 aliphatic heterocycles. The van der Waals surface area contributed by atoms with E-state index in [1.54, 1.807) is 13.0 Å². The molecule has 0 spiro atoms. The highest BCUT2D eigenvalue weighted by Gasteiger charge is 2.31. The number of hydrogen-bond acceptors (Lipinski definition) is 6. The summed E-state index contributed by atoms with van der Waals surface area (Å²) in [5.41, 5.74) is 1.49. The van der Waals surface area contributed by atoms with Crippen LogP contribution in [0.2, 0.25) is 0 Å². The van der Waals surface area contributed by atoms with Crippen LogP contribution in [0, 0.1) is 16.0 Å². The maximum Gasteiger partial charge on any atom is 0.343 e. The van der Waals surface area contributed by atoms with Crippen molar-refractivity contribution in [3.05, 3.63) is 55.9 Å². The lowest BCUT2D eigenvalue weighted by Gasteiger charge is -2.33. The first-order chi connectivity index (χ1) is 13.3. The van der Waals surface area contributed by atoms with E-state index in [1.165, 1.54) is 25.4 Å². The van der Waals surface area contributed by atoms with Crippen LogP contribution in [0.15, 0.2) is 29.2 Å². The van der Waals surface area contributed by atoms with Gasteiger partial charge in [0, 0.05) is 29.9 Å². The first-order valence-electron chi connectivity index (χ1n) is 9.07. The molecule has 1 aliphatic rings. The molecule has 2 aromatic rings. The predicted octanol–water partition coefficient (Wildman–Crippen LogP) is 3.36. The van der Waals surface area contributed by atoms with Crippen molar-refractivity contribution in [2.45, 2.75) is 33.2 Å². The van der Waals surface area contributed by atoms with Crippen LogP contribution in [-0.2, 0) is 11.2 Å². The van der Waals surface area contributed by atoms with Gasteiger partial charge in [-0.25, -0.2) is 4.79 Å². The maximum absolute atomic E-state index is 12.6. The Morgan fingerprint density at radius 1 is 1.36 bits per heavy atom. The molecule has 0 fully saturated rings. The summed E-state index contributed by atoms with van der Waals surface area (Å²) in [5, 5.41) is 11.4. The zero-order valence-electron chi connectivity index (χ0n) is 16.2. The predicted molar refractivity (Wildman–Crippen MR) is 103 cm³/mol. The van der Waals surface area contributed by atoms with E-state index >= 15 is 0 Å². The van der Waals surface area contributed by atoms with Crippen LogP contribution in [0.4, 0.5) is 5.69 Å². The smallest absolute Gasteiger partial charge is 0.343 e. The molecule has 0 amide bonds. The summed E-state index contributed by atoms with van der Waals surface area (Å²) in [7, 11) is 1.37. The van der Waals surface area contributed by atoms with Crippen molar-refractivity contribution in [1.29, 1.82) is 0 Å². The molecule has 0 N–H and O–H groups in total. The van der Waals surface area contributed by atoms with Crippen molar-refractivity contribution < 1.29 is 19.2 Å². The SMILES string of the molecule is CCOC(=O)c1cn2c(cc1=O)-c1cc(OC)c([N+](=O)[O-])cc1CC2C(C)C. The minimum Gasteiger partial charge on any atom is -0.490 e. The Labute approximate surface area is 161 Å². The molecule has 3 rings (SSSR count). The second kappa shape index (κ2) is 7.46. The standard InChI is InChI=1S/C20H22N2O6/c1-5-28-20(24)14-10-21-15(11(2)3)6-12-7-17(22(25)26)19(27-4)8-13(12)16(21)9-18(14)23/h7-11,15H,5-6H2,1-4H3. The van der Waals surface area contributed by atoms with Crippen molar-refractivity contribution in [3.8, 4) is 17.0 Å². The minimum absolute atomic E-state index is 0.0198. The van der Waals surface area contributed by atoms with E-state index in [9.17, 15) is 19.7 Å². The number of aromatic nitrogens is 1. The van der Waals surface area contributed by atoms with Gasteiger partial charge in [0.2, 0.25) is 0 Å². The molecule has 28 heavy (non-hydrogen) atoms. The van der Waals surface area contributed by atoms with Crippen molar-refractivity contribution >= 4 is 11.7 Å². The first kappa shape index (κ1) is 19.6. The van der Waals surface area contributed by atoms with Gasteiger partial charge in [0.05, 0.1) is 24.3 Å². The monoisotopic (exact) mass is 386 g/mol. The summed E-state index contributed by atoms with van der Waals surface area (Å²) in [6.07, 6.45) is 2.08. The number of rotatable bonds is 5. The van der Waals surface area contributed by atoms with Gasteiger partial charge in [-0.2, -0.15) is 0 Å². The van der Waals surface area contributed by atoms with E-state index < -0.39 is 16.3 Å². The third-order valence-corrected chi connectivity index (χ3v) is 5.01. The van der Waals surface area contributed by atoms with Crippen LogP contribution < -0.4 is 10.2 Å². The molecule has 1 atom stereocenters. The Kier molecular flexibility index (Phi) is 5.22.